The van der Waals surface area contributed by atoms with Crippen molar-refractivity contribution in [1.82, 2.24) is 4.90 Å². The van der Waals surface area contributed by atoms with Gasteiger partial charge in [-0.2, -0.15) is 0 Å². The van der Waals surface area contributed by atoms with Gasteiger partial charge in [0, 0.05) is 6.54 Å². The summed E-state index contributed by atoms with van der Waals surface area (Å²) in [4.78, 5) is 14.8. The van der Waals surface area contributed by atoms with Crippen molar-refractivity contribution in [3.05, 3.63) is 53.0 Å². The summed E-state index contributed by atoms with van der Waals surface area (Å²) in [7, 11) is 1.66. The van der Waals surface area contributed by atoms with E-state index in [2.05, 4.69) is 6.07 Å². The van der Waals surface area contributed by atoms with Crippen LogP contribution >= 0.6 is 0 Å². The third kappa shape index (κ3) is 2.61. The molecule has 1 amide bonds. The van der Waals surface area contributed by atoms with Crippen LogP contribution in [0.3, 0.4) is 0 Å². The molecule has 1 atom stereocenters. The van der Waals surface area contributed by atoms with Gasteiger partial charge in [0.25, 0.3) is 5.91 Å². The summed E-state index contributed by atoms with van der Waals surface area (Å²) in [5.74, 6) is 2.35. The van der Waals surface area contributed by atoms with Crippen LogP contribution in [0, 0.1) is 13.8 Å². The molecule has 4 nitrogen and oxygen atoms in total. The second-order valence-corrected chi connectivity index (χ2v) is 5.76. The Morgan fingerprint density at radius 2 is 2.14 bits per heavy atom. The Balaban J connectivity index is 1.89. The van der Waals surface area contributed by atoms with Crippen LogP contribution in [0.5, 0.6) is 5.75 Å². The molecule has 22 heavy (non-hydrogen) atoms. The van der Waals surface area contributed by atoms with Crippen LogP contribution in [0.15, 0.2) is 34.7 Å². The molecule has 3 rings (SSSR count). The highest BCUT2D eigenvalue weighted by atomic mass is 16.5. The SMILES string of the molecule is COc1cccc([C@H]2CCCN2C(=O)c2cc(C)oc2C)c1. The van der Waals surface area contributed by atoms with Gasteiger partial charge in [0.1, 0.15) is 17.3 Å². The first kappa shape index (κ1) is 14.7. The highest BCUT2D eigenvalue weighted by Gasteiger charge is 2.32. The van der Waals surface area contributed by atoms with E-state index in [0.717, 1.165) is 36.5 Å². The van der Waals surface area contributed by atoms with Crippen LogP contribution in [0.2, 0.25) is 0 Å². The van der Waals surface area contributed by atoms with Gasteiger partial charge in [0.05, 0.1) is 18.7 Å². The summed E-state index contributed by atoms with van der Waals surface area (Å²) in [5, 5.41) is 0. The number of amides is 1. The quantitative estimate of drug-likeness (QED) is 0.863. The Bertz CT molecular complexity index is 689. The van der Waals surface area contributed by atoms with Crippen LogP contribution in [-0.4, -0.2) is 24.5 Å². The van der Waals surface area contributed by atoms with E-state index in [4.69, 9.17) is 9.15 Å². The lowest BCUT2D eigenvalue weighted by molar-refractivity contribution is 0.0733. The lowest BCUT2D eigenvalue weighted by Gasteiger charge is -2.25. The van der Waals surface area contributed by atoms with Crippen LogP contribution in [0.4, 0.5) is 0 Å². The molecule has 116 valence electrons. The van der Waals surface area contributed by atoms with E-state index < -0.39 is 0 Å². The van der Waals surface area contributed by atoms with Crippen molar-refractivity contribution in [1.29, 1.82) is 0 Å². The first-order valence-electron chi connectivity index (χ1n) is 7.62. The predicted octanol–water partition coefficient (Wildman–Crippen LogP) is 3.88. The average molecular weight is 299 g/mol. The number of ether oxygens (including phenoxy) is 1. The van der Waals surface area contributed by atoms with Gasteiger partial charge in [-0.05, 0) is 50.5 Å². The Morgan fingerprint density at radius 3 is 2.82 bits per heavy atom. The molecule has 1 saturated heterocycles. The van der Waals surface area contributed by atoms with Crippen LogP contribution in [0.1, 0.15) is 46.3 Å². The Kier molecular flexibility index (Phi) is 3.92. The minimum absolute atomic E-state index is 0.0552. The summed E-state index contributed by atoms with van der Waals surface area (Å²) in [6, 6.07) is 9.92. The van der Waals surface area contributed by atoms with Crippen molar-refractivity contribution >= 4 is 5.91 Å². The van der Waals surface area contributed by atoms with Crippen LogP contribution < -0.4 is 4.74 Å². The van der Waals surface area contributed by atoms with E-state index in [9.17, 15) is 4.79 Å². The van der Waals surface area contributed by atoms with Crippen molar-refractivity contribution in [2.45, 2.75) is 32.7 Å². The smallest absolute Gasteiger partial charge is 0.257 e. The average Bonchev–Trinajstić information content (AvgIpc) is 3.13. The fourth-order valence-corrected chi connectivity index (χ4v) is 3.20. The molecule has 0 N–H and O–H groups in total. The number of carbonyl (C=O) groups excluding carboxylic acids is 1. The predicted molar refractivity (Wildman–Crippen MR) is 84.2 cm³/mol. The maximum absolute atomic E-state index is 12.9. The van der Waals surface area contributed by atoms with Crippen molar-refractivity contribution in [3.63, 3.8) is 0 Å². The topological polar surface area (TPSA) is 42.7 Å². The van der Waals surface area contributed by atoms with Crippen molar-refractivity contribution in [3.8, 4) is 5.75 Å². The zero-order valence-electron chi connectivity index (χ0n) is 13.3. The molecule has 0 unspecified atom stereocenters. The second kappa shape index (κ2) is 5.87. The molecular formula is C18H21NO3. The molecule has 1 aliphatic rings. The zero-order valence-corrected chi connectivity index (χ0v) is 13.3. The number of rotatable bonds is 3. The van der Waals surface area contributed by atoms with Gasteiger partial charge in [-0.1, -0.05) is 12.1 Å². The molecule has 1 aromatic carbocycles. The highest BCUT2D eigenvalue weighted by molar-refractivity contribution is 5.95. The van der Waals surface area contributed by atoms with Gasteiger partial charge in [0.15, 0.2) is 0 Å². The minimum atomic E-state index is 0.0552. The zero-order chi connectivity index (χ0) is 15.7. The summed E-state index contributed by atoms with van der Waals surface area (Å²) in [5.41, 5.74) is 1.80. The summed E-state index contributed by atoms with van der Waals surface area (Å²) < 4.78 is 10.8. The molecule has 0 radical (unpaired) electrons. The molecule has 0 aliphatic carbocycles. The fourth-order valence-electron chi connectivity index (χ4n) is 3.20. The van der Waals surface area contributed by atoms with Gasteiger partial charge in [-0.25, -0.2) is 0 Å². The lowest BCUT2D eigenvalue weighted by atomic mass is 10.0. The van der Waals surface area contributed by atoms with Gasteiger partial charge in [0.2, 0.25) is 0 Å². The van der Waals surface area contributed by atoms with Gasteiger partial charge in [-0.15, -0.1) is 0 Å². The largest absolute Gasteiger partial charge is 0.497 e. The Morgan fingerprint density at radius 1 is 1.32 bits per heavy atom. The Labute approximate surface area is 130 Å². The van der Waals surface area contributed by atoms with Crippen molar-refractivity contribution in [2.24, 2.45) is 0 Å². The van der Waals surface area contributed by atoms with Gasteiger partial charge in [-0.3, -0.25) is 4.79 Å². The summed E-state index contributed by atoms with van der Waals surface area (Å²) in [6.07, 6.45) is 2.00. The number of hydrogen-bond acceptors (Lipinski definition) is 3. The van der Waals surface area contributed by atoms with Crippen molar-refractivity contribution in [2.75, 3.05) is 13.7 Å². The number of methoxy groups -OCH3 is 1. The number of furan rings is 1. The maximum atomic E-state index is 12.9. The van der Waals surface area contributed by atoms with Crippen molar-refractivity contribution < 1.29 is 13.9 Å². The first-order chi connectivity index (χ1) is 10.6. The van der Waals surface area contributed by atoms with Gasteiger partial charge >= 0.3 is 0 Å². The van der Waals surface area contributed by atoms with Crippen LogP contribution in [-0.2, 0) is 0 Å². The lowest BCUT2D eigenvalue weighted by Crippen LogP contribution is -2.30. The standard InChI is InChI=1S/C18H21NO3/c1-12-10-16(13(2)22-12)18(20)19-9-5-8-17(19)14-6-4-7-15(11-14)21-3/h4,6-7,10-11,17H,5,8-9H2,1-3H3/t17-/m1/s1. The number of hydrogen-bond donors (Lipinski definition) is 0. The van der Waals surface area contributed by atoms with E-state index in [1.54, 1.807) is 7.11 Å². The second-order valence-electron chi connectivity index (χ2n) is 5.76. The molecule has 0 saturated carbocycles. The number of carbonyl (C=O) groups is 1. The third-order valence-corrected chi connectivity index (χ3v) is 4.26. The molecule has 2 aromatic rings. The van der Waals surface area contributed by atoms with Gasteiger partial charge < -0.3 is 14.1 Å². The maximum Gasteiger partial charge on any atom is 0.257 e. The molecule has 0 spiro atoms. The number of benzene rings is 1. The molecule has 4 heteroatoms. The van der Waals surface area contributed by atoms with E-state index in [-0.39, 0.29) is 11.9 Å². The number of likely N-dealkylation sites (tertiary alicyclic amines) is 1. The first-order valence-corrected chi connectivity index (χ1v) is 7.62. The summed E-state index contributed by atoms with van der Waals surface area (Å²) in [6.45, 7) is 4.49. The van der Waals surface area contributed by atoms with E-state index in [1.807, 2.05) is 43.0 Å². The Hall–Kier alpha value is -2.23. The van der Waals surface area contributed by atoms with E-state index >= 15 is 0 Å². The summed E-state index contributed by atoms with van der Waals surface area (Å²) >= 11 is 0. The highest BCUT2D eigenvalue weighted by Crippen LogP contribution is 2.35. The van der Waals surface area contributed by atoms with E-state index in [0.29, 0.717) is 11.3 Å². The monoisotopic (exact) mass is 299 g/mol. The third-order valence-electron chi connectivity index (χ3n) is 4.26. The molecule has 1 fully saturated rings. The fraction of sp³-hybridized carbons (Fsp3) is 0.389. The molecule has 0 bridgehead atoms. The molecular weight excluding hydrogens is 278 g/mol. The molecule has 1 aromatic heterocycles. The minimum Gasteiger partial charge on any atom is -0.497 e. The number of aryl methyl sites for hydroxylation is 2. The normalized spacial score (nSPS) is 17.8. The van der Waals surface area contributed by atoms with Crippen LogP contribution in [0.25, 0.3) is 0 Å². The van der Waals surface area contributed by atoms with E-state index in [1.165, 1.54) is 0 Å². The number of nitrogens with zero attached hydrogens (tertiary/aromatic N) is 1. The molecule has 1 aliphatic heterocycles. The molecule has 2 heterocycles.